The molecule has 0 saturated heterocycles. The van der Waals surface area contributed by atoms with Crippen molar-refractivity contribution >= 4 is 15.9 Å². The molecule has 0 spiro atoms. The van der Waals surface area contributed by atoms with Crippen molar-refractivity contribution in [2.45, 2.75) is 35.2 Å². The van der Waals surface area contributed by atoms with Crippen molar-refractivity contribution in [3.05, 3.63) is 0 Å². The standard InChI is InChI=1S/C7BrF15/c8-4(13,14)1(5(15,16)17,6(18,19)20)2(9,10)3(11,12)7(21,22)23. The van der Waals surface area contributed by atoms with Gasteiger partial charge in [0.15, 0.2) is 0 Å². The zero-order chi connectivity index (χ0) is 19.5. The molecule has 0 atom stereocenters. The van der Waals surface area contributed by atoms with Gasteiger partial charge in [-0.25, -0.2) is 0 Å². The summed E-state index contributed by atoms with van der Waals surface area (Å²) in [6.07, 6.45) is -23.6. The second kappa shape index (κ2) is 5.21. The van der Waals surface area contributed by atoms with Gasteiger partial charge in [0.1, 0.15) is 0 Å². The summed E-state index contributed by atoms with van der Waals surface area (Å²) < 4.78 is 186. The van der Waals surface area contributed by atoms with E-state index in [0.29, 0.717) is 0 Å². The van der Waals surface area contributed by atoms with E-state index in [1.807, 2.05) is 0 Å². The zero-order valence-electron chi connectivity index (χ0n) is 9.55. The lowest BCUT2D eigenvalue weighted by Gasteiger charge is -2.46. The molecule has 0 rings (SSSR count). The van der Waals surface area contributed by atoms with Crippen molar-refractivity contribution in [2.24, 2.45) is 5.41 Å². The molecular formula is C7BrF15. The van der Waals surface area contributed by atoms with Crippen LogP contribution in [0.4, 0.5) is 65.9 Å². The smallest absolute Gasteiger partial charge is 0.198 e. The first-order chi connectivity index (χ1) is 9.50. The molecule has 0 aliphatic heterocycles. The zero-order valence-corrected chi connectivity index (χ0v) is 11.1. The first kappa shape index (κ1) is 22.4. The minimum absolute atomic E-state index is 0.215. The normalized spacial score (nSPS) is 16.7. The summed E-state index contributed by atoms with van der Waals surface area (Å²) in [6, 6.07) is 0. The molecule has 0 nitrogen and oxygen atoms in total. The SMILES string of the molecule is FC(F)(F)C(F)(F)C(F)(F)C(C(F)(F)F)(C(F)(F)F)C(F)(F)Br. The van der Waals surface area contributed by atoms with E-state index < -0.39 is 40.6 Å². The highest BCUT2D eigenvalue weighted by atomic mass is 79.9. The van der Waals surface area contributed by atoms with E-state index in [9.17, 15) is 65.9 Å². The molecule has 0 N–H and O–H groups in total. The molecule has 0 fully saturated rings. The highest BCUT2D eigenvalue weighted by molar-refractivity contribution is 9.10. The van der Waals surface area contributed by atoms with Crippen LogP contribution in [0.15, 0.2) is 0 Å². The molecule has 140 valence electrons. The van der Waals surface area contributed by atoms with Gasteiger partial charge in [0.2, 0.25) is 0 Å². The van der Waals surface area contributed by atoms with E-state index in [0.717, 1.165) is 0 Å². The Bertz CT molecular complexity index is 395. The molecule has 0 bridgehead atoms. The Morgan fingerprint density at radius 2 is 0.652 bits per heavy atom. The highest BCUT2D eigenvalue weighted by Gasteiger charge is 2.98. The van der Waals surface area contributed by atoms with Gasteiger partial charge < -0.3 is 0 Å². The van der Waals surface area contributed by atoms with Crippen molar-refractivity contribution in [3.63, 3.8) is 0 Å². The topological polar surface area (TPSA) is 0 Å². The average molecular weight is 449 g/mol. The summed E-state index contributed by atoms with van der Waals surface area (Å²) in [5.74, 6) is -16.5. The van der Waals surface area contributed by atoms with Crippen LogP contribution in [0.2, 0.25) is 0 Å². The third kappa shape index (κ3) is 2.83. The summed E-state index contributed by atoms with van der Waals surface area (Å²) >= 11 is 0.215. The van der Waals surface area contributed by atoms with Gasteiger partial charge in [0.25, 0.3) is 0 Å². The van der Waals surface area contributed by atoms with E-state index in [-0.39, 0.29) is 15.9 Å². The molecule has 0 amide bonds. The molecule has 0 aromatic carbocycles. The summed E-state index contributed by atoms with van der Waals surface area (Å²) in [6.45, 7) is 0. The fourth-order valence-corrected chi connectivity index (χ4v) is 2.13. The second-order valence-electron chi connectivity index (χ2n) is 3.89. The Morgan fingerprint density at radius 1 is 0.391 bits per heavy atom. The van der Waals surface area contributed by atoms with E-state index in [1.54, 1.807) is 0 Å². The molecular weight excluding hydrogens is 449 g/mol. The van der Waals surface area contributed by atoms with Crippen molar-refractivity contribution in [3.8, 4) is 0 Å². The molecule has 0 radical (unpaired) electrons. The molecule has 0 aliphatic carbocycles. The third-order valence-corrected chi connectivity index (χ3v) is 3.09. The molecule has 0 unspecified atom stereocenters. The Balaban J connectivity index is 7.12. The van der Waals surface area contributed by atoms with Gasteiger partial charge in [0.05, 0.1) is 0 Å². The number of hydrogen-bond donors (Lipinski definition) is 0. The van der Waals surface area contributed by atoms with Crippen LogP contribution in [0.1, 0.15) is 0 Å². The van der Waals surface area contributed by atoms with Crippen molar-refractivity contribution in [1.82, 2.24) is 0 Å². The van der Waals surface area contributed by atoms with E-state index >= 15 is 0 Å². The Hall–Kier alpha value is -0.570. The summed E-state index contributed by atoms with van der Waals surface area (Å²) in [4.78, 5) is -6.98. The van der Waals surface area contributed by atoms with E-state index in [1.165, 1.54) is 0 Å². The van der Waals surface area contributed by atoms with E-state index in [2.05, 4.69) is 0 Å². The molecule has 0 heterocycles. The highest BCUT2D eigenvalue weighted by Crippen LogP contribution is 2.71. The van der Waals surface area contributed by atoms with Crippen LogP contribution < -0.4 is 0 Å². The summed E-state index contributed by atoms with van der Waals surface area (Å²) in [5, 5.41) is 0. The maximum Gasteiger partial charge on any atom is 0.459 e. The molecule has 23 heavy (non-hydrogen) atoms. The van der Waals surface area contributed by atoms with Crippen LogP contribution in [0.5, 0.6) is 0 Å². The molecule has 0 aliphatic rings. The van der Waals surface area contributed by atoms with Crippen LogP contribution in [0, 0.1) is 5.41 Å². The number of rotatable bonds is 3. The fraction of sp³-hybridized carbons (Fsp3) is 1.00. The van der Waals surface area contributed by atoms with Gasteiger partial charge in [-0.05, 0) is 15.9 Å². The largest absolute Gasteiger partial charge is 0.459 e. The van der Waals surface area contributed by atoms with Crippen molar-refractivity contribution in [1.29, 1.82) is 0 Å². The first-order valence-corrected chi connectivity index (χ1v) is 5.32. The summed E-state index contributed by atoms with van der Waals surface area (Å²) in [5.41, 5.74) is -8.07. The number of hydrogen-bond acceptors (Lipinski definition) is 0. The maximum absolute atomic E-state index is 13.1. The minimum atomic E-state index is -8.36. The number of alkyl halides is 16. The lowest BCUT2D eigenvalue weighted by Crippen LogP contribution is -2.75. The van der Waals surface area contributed by atoms with Crippen LogP contribution >= 0.6 is 15.9 Å². The van der Waals surface area contributed by atoms with Gasteiger partial charge in [-0.2, -0.15) is 65.9 Å². The Labute approximate surface area is 123 Å². The molecule has 16 heteroatoms. The quantitative estimate of drug-likeness (QED) is 0.371. The van der Waals surface area contributed by atoms with Gasteiger partial charge in [-0.3, -0.25) is 0 Å². The monoisotopic (exact) mass is 448 g/mol. The molecule has 0 aromatic heterocycles. The second-order valence-corrected chi connectivity index (χ2v) is 4.89. The van der Waals surface area contributed by atoms with Crippen molar-refractivity contribution in [2.75, 3.05) is 0 Å². The van der Waals surface area contributed by atoms with Crippen LogP contribution in [0.3, 0.4) is 0 Å². The van der Waals surface area contributed by atoms with Gasteiger partial charge in [-0.1, -0.05) is 0 Å². The van der Waals surface area contributed by atoms with Crippen molar-refractivity contribution < 1.29 is 65.9 Å². The molecule has 0 saturated carbocycles. The van der Waals surface area contributed by atoms with Crippen LogP contribution in [0.25, 0.3) is 0 Å². The fourth-order valence-electron chi connectivity index (χ4n) is 1.43. The first-order valence-electron chi connectivity index (χ1n) is 4.52. The van der Waals surface area contributed by atoms with Gasteiger partial charge in [-0.15, -0.1) is 0 Å². The van der Waals surface area contributed by atoms with Gasteiger partial charge >= 0.3 is 40.6 Å². The summed E-state index contributed by atoms with van der Waals surface area (Å²) in [7, 11) is 0. The lowest BCUT2D eigenvalue weighted by molar-refractivity contribution is -0.483. The Kier molecular flexibility index (Phi) is 5.08. The van der Waals surface area contributed by atoms with E-state index in [4.69, 9.17) is 0 Å². The third-order valence-electron chi connectivity index (χ3n) is 2.50. The average Bonchev–Trinajstić information content (AvgIpc) is 2.06. The maximum atomic E-state index is 13.1. The van der Waals surface area contributed by atoms with Crippen LogP contribution in [-0.2, 0) is 0 Å². The predicted octanol–water partition coefficient (Wildman–Crippen LogP) is 5.92. The Morgan fingerprint density at radius 3 is 0.783 bits per heavy atom. The molecule has 0 aromatic rings. The predicted molar refractivity (Wildman–Crippen MR) is 44.4 cm³/mol. The van der Waals surface area contributed by atoms with Gasteiger partial charge in [0, 0.05) is 0 Å². The van der Waals surface area contributed by atoms with Crippen LogP contribution in [-0.4, -0.2) is 35.2 Å². The minimum Gasteiger partial charge on any atom is -0.198 e. The number of halogens is 16. The lowest BCUT2D eigenvalue weighted by atomic mass is 9.76.